The molecule has 0 saturated heterocycles. The van der Waals surface area contributed by atoms with Crippen molar-refractivity contribution >= 4 is 22.1 Å². The highest BCUT2D eigenvalue weighted by Crippen LogP contribution is 2.29. The molecular formula is C22H22N4. The molecule has 0 spiro atoms. The van der Waals surface area contributed by atoms with Crippen molar-refractivity contribution in [3.8, 4) is 0 Å². The maximum Gasteiger partial charge on any atom is 0.120 e. The summed E-state index contributed by atoms with van der Waals surface area (Å²) >= 11 is 0. The van der Waals surface area contributed by atoms with Gasteiger partial charge in [0.2, 0.25) is 0 Å². The second kappa shape index (κ2) is 6.64. The van der Waals surface area contributed by atoms with E-state index in [2.05, 4.69) is 53.5 Å². The van der Waals surface area contributed by atoms with Crippen LogP contribution < -0.4 is 0 Å². The summed E-state index contributed by atoms with van der Waals surface area (Å²) in [5.41, 5.74) is 4.26. The zero-order valence-corrected chi connectivity index (χ0v) is 15.0. The monoisotopic (exact) mass is 342 g/mol. The lowest BCUT2D eigenvalue weighted by atomic mass is 10.1. The summed E-state index contributed by atoms with van der Waals surface area (Å²) in [6, 6.07) is 16.5. The van der Waals surface area contributed by atoms with Crippen LogP contribution in [-0.4, -0.2) is 19.1 Å². The van der Waals surface area contributed by atoms with Crippen molar-refractivity contribution in [2.24, 2.45) is 0 Å². The van der Waals surface area contributed by atoms with Gasteiger partial charge in [-0.15, -0.1) is 13.2 Å². The Balaban J connectivity index is 1.92. The zero-order valence-electron chi connectivity index (χ0n) is 15.0. The van der Waals surface area contributed by atoms with Crippen LogP contribution in [-0.2, 0) is 13.1 Å². The highest BCUT2D eigenvalue weighted by molar-refractivity contribution is 5.77. The third-order valence-electron chi connectivity index (χ3n) is 4.77. The number of para-hydroxylation sites is 4. The summed E-state index contributed by atoms with van der Waals surface area (Å²) in [5, 5.41) is 0. The molecule has 4 aromatic rings. The average Bonchev–Trinajstić information content (AvgIpc) is 3.21. The van der Waals surface area contributed by atoms with E-state index in [0.29, 0.717) is 0 Å². The van der Waals surface area contributed by atoms with Crippen molar-refractivity contribution in [2.75, 3.05) is 0 Å². The molecular weight excluding hydrogens is 320 g/mol. The molecule has 0 fully saturated rings. The second-order valence-corrected chi connectivity index (χ2v) is 6.44. The number of fused-ring (bicyclic) bond motifs is 2. The molecule has 2 aromatic heterocycles. The van der Waals surface area contributed by atoms with Crippen molar-refractivity contribution in [2.45, 2.75) is 25.9 Å². The SMILES string of the molecule is C=CCn1c(C(C)c2nc3ccccc3n2CC=C)nc2ccccc21. The number of hydrogen-bond donors (Lipinski definition) is 0. The summed E-state index contributed by atoms with van der Waals surface area (Å²) in [6.07, 6.45) is 3.83. The Bertz CT molecular complexity index is 1010. The Hall–Kier alpha value is -3.14. The van der Waals surface area contributed by atoms with Gasteiger partial charge in [0.25, 0.3) is 0 Å². The Morgan fingerprint density at radius 3 is 1.65 bits per heavy atom. The maximum atomic E-state index is 4.92. The van der Waals surface area contributed by atoms with Crippen molar-refractivity contribution in [3.05, 3.63) is 85.5 Å². The van der Waals surface area contributed by atoms with E-state index in [4.69, 9.17) is 9.97 Å². The van der Waals surface area contributed by atoms with Crippen LogP contribution >= 0.6 is 0 Å². The first-order valence-electron chi connectivity index (χ1n) is 8.86. The van der Waals surface area contributed by atoms with Crippen LogP contribution in [0.2, 0.25) is 0 Å². The molecule has 2 heterocycles. The molecule has 0 bridgehead atoms. The first kappa shape index (κ1) is 16.3. The van der Waals surface area contributed by atoms with Gasteiger partial charge in [-0.05, 0) is 31.2 Å². The smallest absolute Gasteiger partial charge is 0.120 e. The molecule has 0 atom stereocenters. The number of benzene rings is 2. The van der Waals surface area contributed by atoms with E-state index < -0.39 is 0 Å². The van der Waals surface area contributed by atoms with Gasteiger partial charge >= 0.3 is 0 Å². The standard InChI is InChI=1S/C22H22N4/c1-4-14-25-19-12-8-6-10-17(19)23-21(25)16(3)22-24-18-11-7-9-13-20(18)26(22)15-5-2/h4-13,16H,1-2,14-15H2,3H3. The normalized spacial score (nSPS) is 11.5. The molecule has 0 N–H and O–H groups in total. The average molecular weight is 342 g/mol. The summed E-state index contributed by atoms with van der Waals surface area (Å²) in [4.78, 5) is 9.83. The number of nitrogens with zero attached hydrogens (tertiary/aromatic N) is 4. The van der Waals surface area contributed by atoms with Gasteiger partial charge in [0, 0.05) is 13.1 Å². The van der Waals surface area contributed by atoms with Gasteiger partial charge in [0.05, 0.1) is 28.0 Å². The van der Waals surface area contributed by atoms with E-state index in [0.717, 1.165) is 46.8 Å². The fraction of sp³-hybridized carbons (Fsp3) is 0.182. The van der Waals surface area contributed by atoms with E-state index in [1.165, 1.54) is 0 Å². The van der Waals surface area contributed by atoms with Crippen molar-refractivity contribution in [3.63, 3.8) is 0 Å². The summed E-state index contributed by atoms with van der Waals surface area (Å²) in [6.45, 7) is 11.4. The molecule has 2 aromatic carbocycles. The number of rotatable bonds is 6. The predicted octanol–water partition coefficient (Wildman–Crippen LogP) is 4.91. The molecule has 4 heteroatoms. The first-order chi connectivity index (χ1) is 12.7. The fourth-order valence-electron chi connectivity index (χ4n) is 3.61. The lowest BCUT2D eigenvalue weighted by Gasteiger charge is -2.15. The molecule has 0 aliphatic carbocycles. The minimum atomic E-state index is 0.0506. The van der Waals surface area contributed by atoms with Crippen LogP contribution in [0.25, 0.3) is 22.1 Å². The van der Waals surface area contributed by atoms with E-state index >= 15 is 0 Å². The van der Waals surface area contributed by atoms with Gasteiger partial charge in [0.1, 0.15) is 11.6 Å². The summed E-state index contributed by atoms with van der Waals surface area (Å²) in [5.74, 6) is 2.06. The Labute approximate surface area is 153 Å². The van der Waals surface area contributed by atoms with Gasteiger partial charge < -0.3 is 9.13 Å². The Morgan fingerprint density at radius 1 is 0.808 bits per heavy atom. The van der Waals surface area contributed by atoms with Gasteiger partial charge in [-0.2, -0.15) is 0 Å². The maximum absolute atomic E-state index is 4.92. The molecule has 0 saturated carbocycles. The minimum absolute atomic E-state index is 0.0506. The molecule has 0 radical (unpaired) electrons. The van der Waals surface area contributed by atoms with Gasteiger partial charge in [0.15, 0.2) is 0 Å². The zero-order chi connectivity index (χ0) is 18.1. The summed E-state index contributed by atoms with van der Waals surface area (Å²) < 4.78 is 4.45. The quantitative estimate of drug-likeness (QED) is 0.467. The van der Waals surface area contributed by atoms with Crippen LogP contribution in [0.4, 0.5) is 0 Å². The number of imidazole rings is 2. The van der Waals surface area contributed by atoms with E-state index in [1.807, 2.05) is 36.4 Å². The Kier molecular flexibility index (Phi) is 4.17. The molecule has 0 aliphatic rings. The van der Waals surface area contributed by atoms with Crippen molar-refractivity contribution in [1.29, 1.82) is 0 Å². The minimum Gasteiger partial charge on any atom is -0.323 e. The van der Waals surface area contributed by atoms with E-state index in [-0.39, 0.29) is 5.92 Å². The first-order valence-corrected chi connectivity index (χ1v) is 8.86. The molecule has 0 unspecified atom stereocenters. The molecule has 26 heavy (non-hydrogen) atoms. The van der Waals surface area contributed by atoms with E-state index in [1.54, 1.807) is 0 Å². The third-order valence-corrected chi connectivity index (χ3v) is 4.77. The molecule has 130 valence electrons. The van der Waals surface area contributed by atoms with Crippen LogP contribution in [0.3, 0.4) is 0 Å². The topological polar surface area (TPSA) is 35.6 Å². The predicted molar refractivity (Wildman–Crippen MR) is 107 cm³/mol. The van der Waals surface area contributed by atoms with Crippen LogP contribution in [0, 0.1) is 0 Å². The van der Waals surface area contributed by atoms with Crippen molar-refractivity contribution < 1.29 is 0 Å². The van der Waals surface area contributed by atoms with Crippen LogP contribution in [0.1, 0.15) is 24.5 Å². The van der Waals surface area contributed by atoms with Crippen LogP contribution in [0.15, 0.2) is 73.8 Å². The lowest BCUT2D eigenvalue weighted by molar-refractivity contribution is 0.650. The summed E-state index contributed by atoms with van der Waals surface area (Å²) in [7, 11) is 0. The molecule has 4 rings (SSSR count). The van der Waals surface area contributed by atoms with Crippen molar-refractivity contribution in [1.82, 2.24) is 19.1 Å². The van der Waals surface area contributed by atoms with Gasteiger partial charge in [-0.3, -0.25) is 0 Å². The fourth-order valence-corrected chi connectivity index (χ4v) is 3.61. The molecule has 4 nitrogen and oxygen atoms in total. The third kappa shape index (κ3) is 2.54. The second-order valence-electron chi connectivity index (χ2n) is 6.44. The van der Waals surface area contributed by atoms with Gasteiger partial charge in [-0.25, -0.2) is 9.97 Å². The largest absolute Gasteiger partial charge is 0.323 e. The highest BCUT2D eigenvalue weighted by atomic mass is 15.1. The van der Waals surface area contributed by atoms with Crippen LogP contribution in [0.5, 0.6) is 0 Å². The molecule has 0 aliphatic heterocycles. The lowest BCUT2D eigenvalue weighted by Crippen LogP contribution is -2.12. The molecule has 0 amide bonds. The number of hydrogen-bond acceptors (Lipinski definition) is 2. The number of allylic oxidation sites excluding steroid dienone is 2. The van der Waals surface area contributed by atoms with E-state index in [9.17, 15) is 0 Å². The number of aromatic nitrogens is 4. The Morgan fingerprint density at radius 2 is 1.23 bits per heavy atom. The highest BCUT2D eigenvalue weighted by Gasteiger charge is 2.23. The van der Waals surface area contributed by atoms with Gasteiger partial charge in [-0.1, -0.05) is 36.4 Å².